The van der Waals surface area contributed by atoms with Crippen LogP contribution < -0.4 is 20.1 Å². The predicted octanol–water partition coefficient (Wildman–Crippen LogP) is 6.72. The first-order valence-electron chi connectivity index (χ1n) is 15.3. The average molecular weight is 612 g/mol. The van der Waals surface area contributed by atoms with Crippen molar-refractivity contribution in [1.82, 2.24) is 5.32 Å². The first-order chi connectivity index (χ1) is 20.6. The maximum atomic E-state index is 13.3. The highest BCUT2D eigenvalue weighted by Crippen LogP contribution is 2.20. The lowest BCUT2D eigenvalue weighted by Gasteiger charge is -2.33. The van der Waals surface area contributed by atoms with Gasteiger partial charge in [0, 0.05) is 13.0 Å². The Morgan fingerprint density at radius 2 is 1.44 bits per heavy atom. The molecule has 0 aliphatic rings. The van der Waals surface area contributed by atoms with Gasteiger partial charge in [-0.25, -0.2) is 9.18 Å². The number of benzene rings is 3. The van der Waals surface area contributed by atoms with Crippen molar-refractivity contribution in [2.75, 3.05) is 34.3 Å². The lowest BCUT2D eigenvalue weighted by molar-refractivity contribution is -0.886. The second-order valence-corrected chi connectivity index (χ2v) is 11.8. The number of likely N-dealkylation sites (N-methyl/N-ethyl adjacent to an activating group) is 1. The Kier molecular flexibility index (Phi) is 15.9. The second-order valence-electron chi connectivity index (χ2n) is 11.2. The molecule has 0 aliphatic carbocycles. The molecule has 0 aromatic heterocycles. The first kappa shape index (κ1) is 35.9. The number of quaternary nitrogens is 1. The van der Waals surface area contributed by atoms with E-state index < -0.39 is 11.8 Å². The first-order valence-corrected chi connectivity index (χ1v) is 15.8. The number of halogens is 1. The molecular formula is C35H49FN2O4P+. The van der Waals surface area contributed by atoms with Crippen LogP contribution in [0.1, 0.15) is 68.3 Å². The molecule has 3 aromatic rings. The molecule has 0 aliphatic heterocycles. The molecule has 234 valence electrons. The minimum absolute atomic E-state index is 0.117. The number of unbranched alkanes of at least 4 members (excludes halogenated alkanes) is 5. The van der Waals surface area contributed by atoms with E-state index in [4.69, 9.17) is 9.47 Å². The van der Waals surface area contributed by atoms with Crippen molar-refractivity contribution in [3.8, 4) is 11.5 Å². The van der Waals surface area contributed by atoms with Crippen molar-refractivity contribution in [2.24, 2.45) is 0 Å². The Bertz CT molecular complexity index is 1250. The topological polar surface area (TPSA) is 64.6 Å². The fourth-order valence-electron chi connectivity index (χ4n) is 4.49. The Hall–Kier alpha value is -3.28. The summed E-state index contributed by atoms with van der Waals surface area (Å²) in [5.41, 5.74) is 1.48. The van der Waals surface area contributed by atoms with Gasteiger partial charge in [0.15, 0.2) is 6.04 Å². The van der Waals surface area contributed by atoms with E-state index in [0.717, 1.165) is 44.9 Å². The van der Waals surface area contributed by atoms with Gasteiger partial charge in [0.2, 0.25) is 0 Å². The van der Waals surface area contributed by atoms with Gasteiger partial charge in [-0.1, -0.05) is 69.9 Å². The Labute approximate surface area is 259 Å². The second kappa shape index (κ2) is 19.1. The fraction of sp³-hybridized carbons (Fsp3) is 0.429. The minimum atomic E-state index is -0.539. The van der Waals surface area contributed by atoms with Crippen LogP contribution in [0.3, 0.4) is 0 Å². The highest BCUT2D eigenvalue weighted by atomic mass is 31.0. The summed E-state index contributed by atoms with van der Waals surface area (Å²) in [6, 6.07) is 20.9. The summed E-state index contributed by atoms with van der Waals surface area (Å²) in [7, 11) is 8.55. The van der Waals surface area contributed by atoms with Gasteiger partial charge in [-0.2, -0.15) is 0 Å². The molecule has 0 bridgehead atoms. The molecule has 0 saturated carbocycles. The normalized spacial score (nSPS) is 11.6. The van der Waals surface area contributed by atoms with Crippen LogP contribution in [0, 0.1) is 5.82 Å². The van der Waals surface area contributed by atoms with Crippen molar-refractivity contribution in [3.63, 3.8) is 0 Å². The van der Waals surface area contributed by atoms with Gasteiger partial charge in [0.05, 0.1) is 33.3 Å². The maximum absolute atomic E-state index is 13.3. The quantitative estimate of drug-likeness (QED) is 0.0642. The summed E-state index contributed by atoms with van der Waals surface area (Å²) in [6.07, 6.45) is 7.09. The van der Waals surface area contributed by atoms with Crippen molar-refractivity contribution in [1.29, 1.82) is 0 Å². The van der Waals surface area contributed by atoms with Crippen molar-refractivity contribution in [3.05, 3.63) is 89.7 Å². The molecular weight excluding hydrogens is 562 g/mol. The zero-order valence-electron chi connectivity index (χ0n) is 26.4. The number of amides is 1. The van der Waals surface area contributed by atoms with E-state index in [1.807, 2.05) is 32.0 Å². The van der Waals surface area contributed by atoms with E-state index in [1.165, 1.54) is 23.8 Å². The predicted molar refractivity (Wildman–Crippen MR) is 177 cm³/mol. The smallest absolute Gasteiger partial charge is 0.344 e. The van der Waals surface area contributed by atoms with Crippen molar-refractivity contribution in [2.45, 2.75) is 64.8 Å². The van der Waals surface area contributed by atoms with E-state index in [-0.39, 0.29) is 11.9 Å². The molecule has 2 unspecified atom stereocenters. The van der Waals surface area contributed by atoms with Gasteiger partial charge in [-0.3, -0.25) is 4.79 Å². The van der Waals surface area contributed by atoms with Gasteiger partial charge in [-0.15, -0.1) is 9.24 Å². The van der Waals surface area contributed by atoms with Crippen LogP contribution in [0.25, 0.3) is 0 Å². The van der Waals surface area contributed by atoms with Crippen LogP contribution in [0.5, 0.6) is 11.5 Å². The number of ether oxygens (including phenoxy) is 2. The number of nitrogens with zero attached hydrogens (tertiary/aromatic N) is 1. The fourth-order valence-corrected chi connectivity index (χ4v) is 4.87. The number of hydrogen-bond donors (Lipinski definition) is 1. The van der Waals surface area contributed by atoms with Crippen molar-refractivity contribution >= 4 is 26.4 Å². The molecule has 1 N–H and O–H groups in total. The summed E-state index contributed by atoms with van der Waals surface area (Å²) in [5, 5.41) is 3.60. The van der Waals surface area contributed by atoms with Crippen LogP contribution in [-0.4, -0.2) is 56.7 Å². The molecule has 2 atom stereocenters. The maximum Gasteiger partial charge on any atom is 0.344 e. The molecule has 0 fully saturated rings. The largest absolute Gasteiger partial charge is 0.494 e. The SMILES string of the molecule is CC.C[N+](C)(C)C(Cc1ccccc1)C(=O)NCCCCCCCCOc1ccc(OC(=O)c2ccc(F)cc2P)cc1. The van der Waals surface area contributed by atoms with E-state index in [1.54, 1.807) is 24.3 Å². The highest BCUT2D eigenvalue weighted by molar-refractivity contribution is 7.27. The van der Waals surface area contributed by atoms with Crippen LogP contribution >= 0.6 is 9.24 Å². The summed E-state index contributed by atoms with van der Waals surface area (Å²) in [5.74, 6) is 0.289. The third-order valence-electron chi connectivity index (χ3n) is 6.92. The number of esters is 1. The summed E-state index contributed by atoms with van der Waals surface area (Å²) >= 11 is 0. The van der Waals surface area contributed by atoms with Gasteiger partial charge in [0.25, 0.3) is 5.91 Å². The Morgan fingerprint density at radius 1 is 0.837 bits per heavy atom. The number of carbonyl (C=O) groups is 2. The van der Waals surface area contributed by atoms with E-state index in [2.05, 4.69) is 47.8 Å². The Balaban J connectivity index is 0.00000316. The van der Waals surface area contributed by atoms with E-state index in [9.17, 15) is 14.0 Å². The molecule has 0 radical (unpaired) electrons. The molecule has 0 saturated heterocycles. The summed E-state index contributed by atoms with van der Waals surface area (Å²) in [6.45, 7) is 5.33. The van der Waals surface area contributed by atoms with Crippen LogP contribution in [0.2, 0.25) is 0 Å². The van der Waals surface area contributed by atoms with Crippen LogP contribution in [0.15, 0.2) is 72.8 Å². The zero-order valence-corrected chi connectivity index (χ0v) is 27.6. The van der Waals surface area contributed by atoms with Crippen molar-refractivity contribution < 1.29 is 27.9 Å². The number of carbonyl (C=O) groups excluding carboxylic acids is 2. The number of hydrogen-bond acceptors (Lipinski definition) is 4. The van der Waals surface area contributed by atoms with Gasteiger partial charge < -0.3 is 19.3 Å². The molecule has 0 spiro atoms. The van der Waals surface area contributed by atoms with Gasteiger partial charge in [0.1, 0.15) is 17.3 Å². The lowest BCUT2D eigenvalue weighted by atomic mass is 10.0. The third kappa shape index (κ3) is 13.3. The van der Waals surface area contributed by atoms with E-state index in [0.29, 0.717) is 40.0 Å². The molecule has 3 aromatic carbocycles. The molecule has 3 rings (SSSR count). The number of rotatable bonds is 16. The summed E-state index contributed by atoms with van der Waals surface area (Å²) in [4.78, 5) is 25.2. The third-order valence-corrected chi connectivity index (χ3v) is 7.39. The molecule has 8 heteroatoms. The molecule has 43 heavy (non-hydrogen) atoms. The highest BCUT2D eigenvalue weighted by Gasteiger charge is 2.31. The van der Waals surface area contributed by atoms with Gasteiger partial charge >= 0.3 is 5.97 Å². The van der Waals surface area contributed by atoms with E-state index >= 15 is 0 Å². The van der Waals surface area contributed by atoms with Gasteiger partial charge in [-0.05, 0) is 66.2 Å². The average Bonchev–Trinajstić information content (AvgIpc) is 2.98. The zero-order chi connectivity index (χ0) is 31.7. The van der Waals surface area contributed by atoms with Crippen LogP contribution in [0.4, 0.5) is 4.39 Å². The summed E-state index contributed by atoms with van der Waals surface area (Å²) < 4.78 is 25.0. The van der Waals surface area contributed by atoms with Crippen LogP contribution in [-0.2, 0) is 11.2 Å². The molecule has 1 amide bonds. The Morgan fingerprint density at radius 3 is 2.07 bits per heavy atom. The minimum Gasteiger partial charge on any atom is -0.494 e. The lowest BCUT2D eigenvalue weighted by Crippen LogP contribution is -2.55. The monoisotopic (exact) mass is 611 g/mol. The standard InChI is InChI=1S/C33H42FN2O4P.C2H6/c1-36(2,3)30(23-25-13-9-8-10-14-25)32(37)35-21-11-6-4-5-7-12-22-39-27-16-18-28(19-17-27)40-33(38)29-20-15-26(34)24-31(29)41;1-2/h8-10,13-20,24,30H,4-7,11-12,21-23,41H2,1-3H3;1-2H3/p+1. The molecule has 6 nitrogen and oxygen atoms in total. The number of nitrogens with one attached hydrogen (secondary N) is 1. The molecule has 0 heterocycles.